The van der Waals surface area contributed by atoms with Crippen LogP contribution in [-0.4, -0.2) is 21.5 Å². The molecule has 1 aliphatic rings. The topological polar surface area (TPSA) is 82.2 Å². The van der Waals surface area contributed by atoms with Crippen molar-refractivity contribution in [3.8, 4) is 22.6 Å². The Morgan fingerprint density at radius 1 is 1.09 bits per heavy atom. The molecule has 1 saturated carbocycles. The molecule has 4 aromatic rings. The maximum absolute atomic E-state index is 12.0. The first kappa shape index (κ1) is 20.8. The van der Waals surface area contributed by atoms with Gasteiger partial charge < -0.3 is 20.4 Å². The number of para-hydroxylation sites is 1. The standard InChI is InChI=1S/C27H26N4O2/c1-2-25(32)30-22-9-6-10-23(22)31-17-21(26-24(31)15-16-29-27(26)28)18-11-13-20(14-12-18)33-19-7-4-3-5-8-19/h2-5,7-8,11-17,22-23H,1,6,9-10H2,(H2,28,29)(H,30,32). The number of carbonyl (C=O) groups is 1. The summed E-state index contributed by atoms with van der Waals surface area (Å²) in [6.07, 6.45) is 8.17. The number of benzene rings is 2. The van der Waals surface area contributed by atoms with Crippen LogP contribution < -0.4 is 15.8 Å². The van der Waals surface area contributed by atoms with Gasteiger partial charge in [0.1, 0.15) is 17.3 Å². The lowest BCUT2D eigenvalue weighted by atomic mass is 10.1. The van der Waals surface area contributed by atoms with Crippen LogP contribution in [0.2, 0.25) is 0 Å². The first-order valence-electron chi connectivity index (χ1n) is 11.2. The van der Waals surface area contributed by atoms with Gasteiger partial charge in [0.2, 0.25) is 5.91 Å². The molecule has 2 aromatic heterocycles. The molecule has 6 heteroatoms. The van der Waals surface area contributed by atoms with Gasteiger partial charge in [-0.2, -0.15) is 0 Å². The molecule has 6 nitrogen and oxygen atoms in total. The Hall–Kier alpha value is -4.06. The summed E-state index contributed by atoms with van der Waals surface area (Å²) in [6, 6.07) is 19.9. The molecular weight excluding hydrogens is 412 g/mol. The number of pyridine rings is 1. The van der Waals surface area contributed by atoms with Gasteiger partial charge in [0, 0.05) is 29.4 Å². The average Bonchev–Trinajstić information content (AvgIpc) is 3.45. The highest BCUT2D eigenvalue weighted by Crippen LogP contribution is 2.40. The van der Waals surface area contributed by atoms with Crippen LogP contribution in [0.5, 0.6) is 11.5 Å². The quantitative estimate of drug-likeness (QED) is 0.391. The molecule has 5 rings (SSSR count). The minimum absolute atomic E-state index is 0.0509. The molecule has 0 radical (unpaired) electrons. The SMILES string of the molecule is C=CC(=O)NC1CCCC1n1cc(-c2ccc(Oc3ccccc3)cc2)c2c(N)nccc21. The van der Waals surface area contributed by atoms with Gasteiger partial charge in [-0.3, -0.25) is 4.79 Å². The van der Waals surface area contributed by atoms with E-state index in [1.807, 2.05) is 60.7 Å². The molecule has 1 amide bonds. The molecule has 2 aromatic carbocycles. The molecule has 0 aliphatic heterocycles. The fraction of sp³-hybridized carbons (Fsp3) is 0.185. The second-order valence-electron chi connectivity index (χ2n) is 8.30. The van der Waals surface area contributed by atoms with Crippen LogP contribution in [-0.2, 0) is 4.79 Å². The predicted octanol–water partition coefficient (Wildman–Crippen LogP) is 5.47. The molecule has 33 heavy (non-hydrogen) atoms. The zero-order chi connectivity index (χ0) is 22.8. The zero-order valence-electron chi connectivity index (χ0n) is 18.3. The van der Waals surface area contributed by atoms with Crippen molar-refractivity contribution >= 4 is 22.6 Å². The van der Waals surface area contributed by atoms with Gasteiger partial charge in [-0.15, -0.1) is 0 Å². The van der Waals surface area contributed by atoms with E-state index in [9.17, 15) is 4.79 Å². The van der Waals surface area contributed by atoms with E-state index in [1.165, 1.54) is 6.08 Å². The van der Waals surface area contributed by atoms with Crippen molar-refractivity contribution in [1.29, 1.82) is 0 Å². The van der Waals surface area contributed by atoms with E-state index in [4.69, 9.17) is 10.5 Å². The lowest BCUT2D eigenvalue weighted by Gasteiger charge is -2.23. The number of hydrogen-bond donors (Lipinski definition) is 2. The second-order valence-corrected chi connectivity index (χ2v) is 8.30. The van der Waals surface area contributed by atoms with Crippen LogP contribution in [0, 0.1) is 0 Å². The molecule has 3 N–H and O–H groups in total. The second kappa shape index (κ2) is 8.82. The van der Waals surface area contributed by atoms with E-state index < -0.39 is 0 Å². The monoisotopic (exact) mass is 438 g/mol. The third-order valence-electron chi connectivity index (χ3n) is 6.27. The molecule has 0 saturated heterocycles. The van der Waals surface area contributed by atoms with Crippen LogP contribution >= 0.6 is 0 Å². The van der Waals surface area contributed by atoms with E-state index in [2.05, 4.69) is 27.6 Å². The first-order chi connectivity index (χ1) is 16.1. The minimum atomic E-state index is -0.140. The third kappa shape index (κ3) is 4.07. The zero-order valence-corrected chi connectivity index (χ0v) is 18.3. The molecule has 1 aliphatic carbocycles. The molecule has 2 atom stereocenters. The highest BCUT2D eigenvalue weighted by atomic mass is 16.5. The van der Waals surface area contributed by atoms with Crippen LogP contribution in [0.25, 0.3) is 22.0 Å². The summed E-state index contributed by atoms with van der Waals surface area (Å²) >= 11 is 0. The molecular formula is C27H26N4O2. The smallest absolute Gasteiger partial charge is 0.243 e. The van der Waals surface area contributed by atoms with E-state index in [0.717, 1.165) is 52.8 Å². The van der Waals surface area contributed by atoms with Gasteiger partial charge in [-0.25, -0.2) is 4.98 Å². The van der Waals surface area contributed by atoms with Gasteiger partial charge in [-0.05, 0) is 61.2 Å². The molecule has 0 spiro atoms. The van der Waals surface area contributed by atoms with Crippen molar-refractivity contribution in [2.75, 3.05) is 5.73 Å². The summed E-state index contributed by atoms with van der Waals surface area (Å²) in [6.45, 7) is 3.59. The van der Waals surface area contributed by atoms with Crippen molar-refractivity contribution in [3.63, 3.8) is 0 Å². The van der Waals surface area contributed by atoms with E-state index in [1.54, 1.807) is 6.20 Å². The van der Waals surface area contributed by atoms with Crippen molar-refractivity contribution in [2.24, 2.45) is 0 Å². The van der Waals surface area contributed by atoms with Crippen LogP contribution in [0.4, 0.5) is 5.82 Å². The fourth-order valence-corrected chi connectivity index (χ4v) is 4.74. The maximum atomic E-state index is 12.0. The van der Waals surface area contributed by atoms with Gasteiger partial charge in [0.05, 0.1) is 11.6 Å². The Morgan fingerprint density at radius 2 is 1.85 bits per heavy atom. The molecule has 2 heterocycles. The van der Waals surface area contributed by atoms with E-state index >= 15 is 0 Å². The summed E-state index contributed by atoms with van der Waals surface area (Å²) in [5.74, 6) is 1.92. The number of carbonyl (C=O) groups excluding carboxylic acids is 1. The van der Waals surface area contributed by atoms with Gasteiger partial charge >= 0.3 is 0 Å². The van der Waals surface area contributed by atoms with Crippen LogP contribution in [0.3, 0.4) is 0 Å². The predicted molar refractivity (Wildman–Crippen MR) is 131 cm³/mol. The highest BCUT2D eigenvalue weighted by Gasteiger charge is 2.31. The Kier molecular flexibility index (Phi) is 5.57. The van der Waals surface area contributed by atoms with Crippen molar-refractivity contribution in [2.45, 2.75) is 31.3 Å². The Bertz CT molecular complexity index is 1300. The average molecular weight is 439 g/mol. The van der Waals surface area contributed by atoms with E-state index in [-0.39, 0.29) is 18.0 Å². The number of nitrogen functional groups attached to an aromatic ring is 1. The molecule has 0 bridgehead atoms. The number of nitrogens with two attached hydrogens (primary N) is 1. The Labute approximate surface area is 192 Å². The number of rotatable bonds is 6. The Balaban J connectivity index is 1.51. The Morgan fingerprint density at radius 3 is 2.61 bits per heavy atom. The molecule has 166 valence electrons. The van der Waals surface area contributed by atoms with Crippen LogP contribution in [0.1, 0.15) is 25.3 Å². The number of ether oxygens (including phenoxy) is 1. The number of nitrogens with zero attached hydrogens (tertiary/aromatic N) is 2. The molecule has 1 fully saturated rings. The van der Waals surface area contributed by atoms with E-state index in [0.29, 0.717) is 5.82 Å². The first-order valence-corrected chi connectivity index (χ1v) is 11.2. The summed E-state index contributed by atoms with van der Waals surface area (Å²) in [4.78, 5) is 16.3. The van der Waals surface area contributed by atoms with Gasteiger partial charge in [0.15, 0.2) is 0 Å². The summed E-state index contributed by atoms with van der Waals surface area (Å²) in [5.41, 5.74) is 9.41. The lowest BCUT2D eigenvalue weighted by molar-refractivity contribution is -0.117. The summed E-state index contributed by atoms with van der Waals surface area (Å²) in [7, 11) is 0. The number of nitrogens with one attached hydrogen (secondary N) is 1. The maximum Gasteiger partial charge on any atom is 0.243 e. The van der Waals surface area contributed by atoms with Gasteiger partial charge in [0.25, 0.3) is 0 Å². The molecule has 2 unspecified atom stereocenters. The van der Waals surface area contributed by atoms with Crippen molar-refractivity contribution in [1.82, 2.24) is 14.9 Å². The number of hydrogen-bond acceptors (Lipinski definition) is 4. The van der Waals surface area contributed by atoms with Gasteiger partial charge in [-0.1, -0.05) is 36.9 Å². The van der Waals surface area contributed by atoms with Crippen molar-refractivity contribution < 1.29 is 9.53 Å². The number of amides is 1. The largest absolute Gasteiger partial charge is 0.457 e. The number of aromatic nitrogens is 2. The third-order valence-corrected chi connectivity index (χ3v) is 6.27. The number of anilines is 1. The fourth-order valence-electron chi connectivity index (χ4n) is 4.74. The van der Waals surface area contributed by atoms with Crippen LogP contribution in [0.15, 0.2) is 85.7 Å². The van der Waals surface area contributed by atoms with Crippen molar-refractivity contribution in [3.05, 3.63) is 85.7 Å². The summed E-state index contributed by atoms with van der Waals surface area (Å²) in [5, 5.41) is 4.02. The minimum Gasteiger partial charge on any atom is -0.457 e. The summed E-state index contributed by atoms with van der Waals surface area (Å²) < 4.78 is 8.19. The lowest BCUT2D eigenvalue weighted by Crippen LogP contribution is -2.37. The number of fused-ring (bicyclic) bond motifs is 1. The normalized spacial score (nSPS) is 17.7. The highest BCUT2D eigenvalue weighted by molar-refractivity contribution is 6.02.